The molecule has 0 saturated carbocycles. The summed E-state index contributed by atoms with van der Waals surface area (Å²) in [5.41, 5.74) is 16.3. The van der Waals surface area contributed by atoms with E-state index in [1.807, 2.05) is 67.5 Å². The van der Waals surface area contributed by atoms with Gasteiger partial charge in [0.15, 0.2) is 5.11 Å². The van der Waals surface area contributed by atoms with Gasteiger partial charge in [-0.3, -0.25) is 5.32 Å². The van der Waals surface area contributed by atoms with Crippen LogP contribution in [0.2, 0.25) is 0 Å². The first kappa shape index (κ1) is 39.0. The van der Waals surface area contributed by atoms with Crippen LogP contribution in [0.4, 0.5) is 21.5 Å². The molecule has 2 heterocycles. The van der Waals surface area contributed by atoms with Gasteiger partial charge in [0.05, 0.1) is 5.16 Å². The van der Waals surface area contributed by atoms with Crippen LogP contribution in [0.1, 0.15) is 45.5 Å². The number of ether oxygens (including phenoxy) is 2. The Balaban J connectivity index is 0.000000164. The van der Waals surface area contributed by atoms with E-state index in [0.29, 0.717) is 11.9 Å². The van der Waals surface area contributed by atoms with Gasteiger partial charge in [-0.2, -0.15) is 0 Å². The Kier molecular flexibility index (Phi) is 12.9. The zero-order valence-corrected chi connectivity index (χ0v) is 32.0. The average Bonchev–Trinajstić information content (AvgIpc) is 3.69. The molecule has 2 amide bonds. The number of benzene rings is 4. The SMILES string of the molecule is Cc1ccnc(N)n1.Cc1ccnc(NC(=S)NC(=O)OCC2c3ccccc3-c3ccccc32)n1.O=C(N=C=S)OCC1c2ccccc2-c2ccccc21. The second kappa shape index (κ2) is 18.5. The number of nitrogens with one attached hydrogen (secondary N) is 2. The van der Waals surface area contributed by atoms with E-state index >= 15 is 0 Å². The van der Waals surface area contributed by atoms with Crippen LogP contribution < -0.4 is 16.4 Å². The monoisotopic (exact) mass is 780 g/mol. The molecule has 0 unspecified atom stereocenters. The van der Waals surface area contributed by atoms with Crippen LogP contribution in [0.3, 0.4) is 0 Å². The molecule has 14 heteroatoms. The van der Waals surface area contributed by atoms with Crippen LogP contribution in [-0.2, 0) is 9.47 Å². The molecule has 0 bridgehead atoms. The van der Waals surface area contributed by atoms with Crippen molar-refractivity contribution in [3.63, 3.8) is 0 Å². The van der Waals surface area contributed by atoms with Crippen molar-refractivity contribution < 1.29 is 19.1 Å². The second-order valence-electron chi connectivity index (χ2n) is 12.5. The van der Waals surface area contributed by atoms with E-state index in [0.717, 1.165) is 22.5 Å². The molecule has 0 saturated heterocycles. The molecule has 0 aliphatic heterocycles. The minimum absolute atomic E-state index is 0.000197. The number of carbonyl (C=O) groups excluding carboxylic acids is 2. The van der Waals surface area contributed by atoms with Crippen LogP contribution in [0.5, 0.6) is 0 Å². The predicted molar refractivity (Wildman–Crippen MR) is 222 cm³/mol. The molecule has 2 aromatic heterocycles. The van der Waals surface area contributed by atoms with Crippen molar-refractivity contribution >= 4 is 58.8 Å². The Hall–Kier alpha value is -6.73. The molecule has 2 aliphatic carbocycles. The molecule has 0 spiro atoms. The van der Waals surface area contributed by atoms with Gasteiger partial charge in [0.1, 0.15) is 13.2 Å². The lowest BCUT2D eigenvalue weighted by atomic mass is 9.98. The number of aromatic nitrogens is 4. The highest BCUT2D eigenvalue weighted by Gasteiger charge is 2.30. The summed E-state index contributed by atoms with van der Waals surface area (Å²) in [6, 6.07) is 36.3. The van der Waals surface area contributed by atoms with Gasteiger partial charge in [-0.1, -0.05) is 97.1 Å². The number of nitrogens with two attached hydrogens (primary N) is 1. The van der Waals surface area contributed by atoms with Crippen molar-refractivity contribution in [3.05, 3.63) is 155 Å². The topological polar surface area (TPSA) is 167 Å². The Morgan fingerprint density at radius 3 is 1.57 bits per heavy atom. The molecule has 8 rings (SSSR count). The number of fused-ring (bicyclic) bond motifs is 6. The van der Waals surface area contributed by atoms with Crippen molar-refractivity contribution in [2.24, 2.45) is 4.99 Å². The average molecular weight is 781 g/mol. The van der Waals surface area contributed by atoms with Gasteiger partial charge in [0.25, 0.3) is 0 Å². The third kappa shape index (κ3) is 9.68. The molecule has 2 aliphatic rings. The summed E-state index contributed by atoms with van der Waals surface area (Å²) < 4.78 is 10.6. The molecule has 4 N–H and O–H groups in total. The minimum atomic E-state index is -0.693. The number of rotatable bonds is 5. The lowest BCUT2D eigenvalue weighted by molar-refractivity contribution is 0.148. The number of aliphatic imine (C=N–C) groups is 1. The number of nitrogens with zero attached hydrogens (tertiary/aromatic N) is 5. The molecule has 12 nitrogen and oxygen atoms in total. The number of aryl methyl sites for hydroxylation is 2. The van der Waals surface area contributed by atoms with Gasteiger partial charge in [0, 0.05) is 35.6 Å². The normalized spacial score (nSPS) is 11.7. The predicted octanol–water partition coefficient (Wildman–Crippen LogP) is 8.43. The molecule has 56 heavy (non-hydrogen) atoms. The number of nitrogen functional groups attached to an aromatic ring is 1. The van der Waals surface area contributed by atoms with Crippen LogP contribution >= 0.6 is 24.4 Å². The van der Waals surface area contributed by atoms with Crippen LogP contribution in [0.25, 0.3) is 22.3 Å². The summed E-state index contributed by atoms with van der Waals surface area (Å²) in [6.07, 6.45) is 1.94. The van der Waals surface area contributed by atoms with Crippen molar-refractivity contribution in [3.8, 4) is 22.3 Å². The summed E-state index contributed by atoms with van der Waals surface area (Å²) >= 11 is 9.51. The van der Waals surface area contributed by atoms with Crippen molar-refractivity contribution in [2.45, 2.75) is 25.7 Å². The Labute approximate surface area is 334 Å². The third-order valence-electron chi connectivity index (χ3n) is 8.87. The van der Waals surface area contributed by atoms with Gasteiger partial charge in [-0.05, 0) is 94.9 Å². The molecule has 0 radical (unpaired) electrons. The molecule has 6 aromatic rings. The highest BCUT2D eigenvalue weighted by atomic mass is 32.1. The summed E-state index contributed by atoms with van der Waals surface area (Å²) in [5, 5.41) is 7.37. The summed E-state index contributed by atoms with van der Waals surface area (Å²) in [4.78, 5) is 42.6. The first-order valence-corrected chi connectivity index (χ1v) is 18.2. The number of hydrogen-bond acceptors (Lipinski definition) is 11. The number of anilines is 2. The van der Waals surface area contributed by atoms with Crippen LogP contribution in [0, 0.1) is 13.8 Å². The first-order chi connectivity index (χ1) is 27.2. The molecule has 0 atom stereocenters. The van der Waals surface area contributed by atoms with E-state index < -0.39 is 12.2 Å². The maximum atomic E-state index is 12.2. The van der Waals surface area contributed by atoms with Gasteiger partial charge < -0.3 is 20.5 Å². The fraction of sp³-hybridized carbons (Fsp3) is 0.143. The third-order valence-corrected chi connectivity index (χ3v) is 9.16. The largest absolute Gasteiger partial charge is 0.448 e. The van der Waals surface area contributed by atoms with Crippen LogP contribution in [-0.4, -0.2) is 55.6 Å². The summed E-state index contributed by atoms with van der Waals surface area (Å²) in [5.74, 6) is 0.709. The number of carbonyl (C=O) groups is 2. The van der Waals surface area contributed by atoms with Gasteiger partial charge in [-0.25, -0.2) is 29.5 Å². The number of hydrogen-bond donors (Lipinski definition) is 3. The van der Waals surface area contributed by atoms with Crippen molar-refractivity contribution in [1.82, 2.24) is 25.3 Å². The quantitative estimate of drug-likeness (QED) is 0.113. The highest BCUT2D eigenvalue weighted by Crippen LogP contribution is 2.45. The van der Waals surface area contributed by atoms with Gasteiger partial charge in [0.2, 0.25) is 11.9 Å². The standard InChI is InChI=1S/C21H18N4O2S.C16H11NO2S.C5H7N3/c1-13-10-11-22-19(23-13)24-20(28)25-21(26)27-12-18-16-8-4-2-6-14(16)15-7-3-5-9-17(15)18;18-16(17-10-20)19-9-15-13-7-3-1-5-11(13)12-6-2-4-8-14(12)15;1-4-2-3-7-5(6)8-4/h2-11,18H,12H2,1H3,(H2,22,23,24,25,26,28);1-8,15H,9H2;2-3H,1H3,(H2,6,7,8). The van der Waals surface area contributed by atoms with E-state index in [-0.39, 0.29) is 30.2 Å². The van der Waals surface area contributed by atoms with Crippen molar-refractivity contribution in [1.29, 1.82) is 0 Å². The van der Waals surface area contributed by atoms with E-state index in [2.05, 4.69) is 96.3 Å². The Morgan fingerprint density at radius 1 is 0.696 bits per heavy atom. The molecule has 280 valence electrons. The fourth-order valence-corrected chi connectivity index (χ4v) is 6.75. The van der Waals surface area contributed by atoms with Crippen LogP contribution in [0.15, 0.2) is 127 Å². The zero-order valence-electron chi connectivity index (χ0n) is 30.4. The van der Waals surface area contributed by atoms with Gasteiger partial charge >= 0.3 is 12.2 Å². The maximum absolute atomic E-state index is 12.2. The van der Waals surface area contributed by atoms with E-state index in [1.54, 1.807) is 24.5 Å². The van der Waals surface area contributed by atoms with E-state index in [9.17, 15) is 9.59 Å². The first-order valence-electron chi connectivity index (χ1n) is 17.4. The van der Waals surface area contributed by atoms with E-state index in [1.165, 1.54) is 33.4 Å². The Bertz CT molecular complexity index is 2330. The fourth-order valence-electron chi connectivity index (χ4n) is 6.50. The highest BCUT2D eigenvalue weighted by molar-refractivity contribution is 7.80. The summed E-state index contributed by atoms with van der Waals surface area (Å²) in [7, 11) is 0. The lowest BCUT2D eigenvalue weighted by Gasteiger charge is -2.15. The molecular weight excluding hydrogens is 745 g/mol. The zero-order chi connectivity index (χ0) is 39.4. The maximum Gasteiger partial charge on any atom is 0.442 e. The Morgan fingerprint density at radius 2 is 1.14 bits per heavy atom. The number of thiocarbonyl (C=S) groups is 2. The molecule has 4 aromatic carbocycles. The number of amides is 2. The minimum Gasteiger partial charge on any atom is -0.448 e. The number of isothiocyanates is 1. The summed E-state index contributed by atoms with van der Waals surface area (Å²) in [6.45, 7) is 4.20. The number of alkyl carbamates (subject to hydrolysis) is 1. The van der Waals surface area contributed by atoms with Crippen molar-refractivity contribution in [2.75, 3.05) is 24.3 Å². The lowest BCUT2D eigenvalue weighted by Crippen LogP contribution is -2.35. The second-order valence-corrected chi connectivity index (χ2v) is 13.1. The van der Waals surface area contributed by atoms with E-state index in [4.69, 9.17) is 27.4 Å². The molecule has 0 fully saturated rings. The smallest absolute Gasteiger partial charge is 0.442 e. The van der Waals surface area contributed by atoms with Gasteiger partial charge in [-0.15, -0.1) is 4.99 Å². The molecular formula is C42H36N8O4S2.